The van der Waals surface area contributed by atoms with Gasteiger partial charge >= 0.3 is 6.18 Å². The standard InChI is InChI=1S/C58H80F3N7O12/c1-5-67(6-2)49-16-17-51(50(42-49)52-41-46(18-19-62-52)54(69)64-43-44-11-9-14-48(39-44)58(59,60)61)65-55(70)45-12-10-13-47(40-45)57(72)66(3)22-23-68-21-8-7-15-53(68)56(71)63-20-24-74-27-28-76-31-32-78-35-36-80-38-37-79-34-33-77-30-29-75-26-25-73-4/h9-14,16-19,39-42,53H,5-8,15,20-38,43H2,1-4H3,(H,63,71)(H,64,69)(H,65,70)/t53-/m0/s1. The van der Waals surface area contributed by atoms with Gasteiger partial charge in [0.25, 0.3) is 17.7 Å². The fourth-order valence-electron chi connectivity index (χ4n) is 8.57. The van der Waals surface area contributed by atoms with Crippen LogP contribution in [0.3, 0.4) is 0 Å². The third-order valence-corrected chi connectivity index (χ3v) is 13.0. The van der Waals surface area contributed by atoms with Crippen molar-refractivity contribution in [3.63, 3.8) is 0 Å². The first kappa shape index (κ1) is 64.7. The van der Waals surface area contributed by atoms with E-state index in [9.17, 15) is 32.3 Å². The van der Waals surface area contributed by atoms with Crippen LogP contribution in [0.15, 0.2) is 85.1 Å². The number of alkyl halides is 3. The van der Waals surface area contributed by atoms with Crippen molar-refractivity contribution in [2.75, 3.05) is 163 Å². The van der Waals surface area contributed by atoms with Gasteiger partial charge in [-0.1, -0.05) is 24.6 Å². The normalized spacial score (nSPS) is 13.7. The Hall–Kier alpha value is -6.08. The Bertz CT molecular complexity index is 2490. The topological polar surface area (TPSA) is 201 Å². The molecule has 0 spiro atoms. The molecule has 1 fully saturated rings. The monoisotopic (exact) mass is 1120 g/mol. The first-order valence-corrected chi connectivity index (χ1v) is 27.3. The van der Waals surface area contributed by atoms with Crippen LogP contribution in [0.4, 0.5) is 24.5 Å². The highest BCUT2D eigenvalue weighted by Gasteiger charge is 2.31. The third-order valence-electron chi connectivity index (χ3n) is 13.0. The molecule has 0 unspecified atom stereocenters. The maximum absolute atomic E-state index is 14.0. The Kier molecular flexibility index (Phi) is 29.4. The number of anilines is 2. The van der Waals surface area contributed by atoms with Crippen LogP contribution >= 0.6 is 0 Å². The van der Waals surface area contributed by atoms with Gasteiger partial charge in [-0.15, -0.1) is 0 Å². The van der Waals surface area contributed by atoms with Crippen LogP contribution in [-0.2, 0) is 55.4 Å². The van der Waals surface area contributed by atoms with E-state index in [4.69, 9.17) is 37.9 Å². The molecule has 0 radical (unpaired) electrons. The van der Waals surface area contributed by atoms with Crippen LogP contribution in [0.2, 0.25) is 0 Å². The fraction of sp³-hybridized carbons (Fsp3) is 0.534. The minimum atomic E-state index is -4.52. The molecule has 4 amide bonds. The SMILES string of the molecule is CCN(CC)c1ccc(NC(=O)c2cccc(C(=O)N(C)CCN3CCCC[C@H]3C(=O)NCCOCCOCCOCCOCCOCCOCCOCCOC)c2)c(-c2cc(C(=O)NCc3cccc(C(F)(F)F)c3)ccn2)c1. The number of piperidine rings is 1. The molecule has 1 aliphatic heterocycles. The molecular formula is C58H80F3N7O12. The molecule has 440 valence electrons. The number of nitrogens with zero attached hydrogens (tertiary/aromatic N) is 4. The number of ether oxygens (including phenoxy) is 8. The second kappa shape index (κ2) is 36.3. The van der Waals surface area contributed by atoms with Gasteiger partial charge in [0.2, 0.25) is 5.91 Å². The summed E-state index contributed by atoms with van der Waals surface area (Å²) in [5.74, 6) is -1.38. The van der Waals surface area contributed by atoms with Crippen molar-refractivity contribution in [1.29, 1.82) is 0 Å². The molecule has 80 heavy (non-hydrogen) atoms. The number of carbonyl (C=O) groups excluding carboxylic acids is 4. The van der Waals surface area contributed by atoms with Crippen molar-refractivity contribution < 1.29 is 70.2 Å². The summed E-state index contributed by atoms with van der Waals surface area (Å²) in [5, 5.41) is 8.67. The maximum Gasteiger partial charge on any atom is 0.416 e. The van der Waals surface area contributed by atoms with E-state index < -0.39 is 23.6 Å². The predicted molar refractivity (Wildman–Crippen MR) is 297 cm³/mol. The molecule has 3 N–H and O–H groups in total. The van der Waals surface area contributed by atoms with Gasteiger partial charge in [-0.3, -0.25) is 29.1 Å². The van der Waals surface area contributed by atoms with Crippen molar-refractivity contribution in [2.24, 2.45) is 0 Å². The van der Waals surface area contributed by atoms with E-state index in [0.717, 1.165) is 30.7 Å². The summed E-state index contributed by atoms with van der Waals surface area (Å²) >= 11 is 0. The van der Waals surface area contributed by atoms with Gasteiger partial charge in [-0.25, -0.2) is 0 Å². The van der Waals surface area contributed by atoms with Crippen LogP contribution in [0.1, 0.15) is 75.3 Å². The Morgan fingerprint density at radius 1 is 0.662 bits per heavy atom. The second-order valence-electron chi connectivity index (χ2n) is 18.6. The van der Waals surface area contributed by atoms with Crippen molar-refractivity contribution in [2.45, 2.75) is 51.9 Å². The lowest BCUT2D eigenvalue weighted by Gasteiger charge is -2.35. The van der Waals surface area contributed by atoms with Crippen LogP contribution in [-0.4, -0.2) is 197 Å². The van der Waals surface area contributed by atoms with E-state index in [1.54, 1.807) is 49.4 Å². The number of benzene rings is 3. The molecular weight excluding hydrogens is 1040 g/mol. The molecule has 19 nitrogen and oxygen atoms in total. The predicted octanol–water partition coefficient (Wildman–Crippen LogP) is 6.60. The molecule has 1 aliphatic rings. The zero-order chi connectivity index (χ0) is 57.4. The summed E-state index contributed by atoms with van der Waals surface area (Å²) in [7, 11) is 3.32. The summed E-state index contributed by atoms with van der Waals surface area (Å²) in [4.78, 5) is 64.8. The van der Waals surface area contributed by atoms with E-state index in [1.807, 2.05) is 26.0 Å². The number of methoxy groups -OCH3 is 1. The number of likely N-dealkylation sites (tertiary alicyclic amines) is 1. The number of pyridine rings is 1. The minimum absolute atomic E-state index is 0.0840. The number of nitrogens with one attached hydrogen (secondary N) is 3. The minimum Gasteiger partial charge on any atom is -0.382 e. The Balaban J connectivity index is 1.01. The average Bonchev–Trinajstić information content (AvgIpc) is 3.48. The van der Waals surface area contributed by atoms with Gasteiger partial charge in [0.15, 0.2) is 0 Å². The number of halogens is 3. The van der Waals surface area contributed by atoms with Crippen LogP contribution < -0.4 is 20.9 Å². The molecule has 0 bridgehead atoms. The Morgan fingerprint density at radius 3 is 1.86 bits per heavy atom. The van der Waals surface area contributed by atoms with E-state index >= 15 is 0 Å². The van der Waals surface area contributed by atoms with E-state index in [2.05, 4.69) is 30.7 Å². The molecule has 1 atom stereocenters. The van der Waals surface area contributed by atoms with E-state index in [1.165, 1.54) is 30.5 Å². The highest BCUT2D eigenvalue weighted by Crippen LogP contribution is 2.33. The van der Waals surface area contributed by atoms with Crippen LogP contribution in [0.5, 0.6) is 0 Å². The Labute approximate surface area is 468 Å². The summed E-state index contributed by atoms with van der Waals surface area (Å²) in [6.07, 6.45) is -0.515. The number of rotatable bonds is 38. The van der Waals surface area contributed by atoms with Gasteiger partial charge in [0.1, 0.15) is 0 Å². The molecule has 22 heteroatoms. The Morgan fingerprint density at radius 2 is 1.25 bits per heavy atom. The van der Waals surface area contributed by atoms with Crippen molar-refractivity contribution >= 4 is 35.0 Å². The van der Waals surface area contributed by atoms with Crippen molar-refractivity contribution in [3.05, 3.63) is 113 Å². The molecule has 5 rings (SSSR count). The quantitative estimate of drug-likeness (QED) is 0.0405. The highest BCUT2D eigenvalue weighted by molar-refractivity contribution is 6.08. The lowest BCUT2D eigenvalue weighted by atomic mass is 10.0. The largest absolute Gasteiger partial charge is 0.416 e. The van der Waals surface area contributed by atoms with Gasteiger partial charge in [-0.05, 0) is 99.5 Å². The molecule has 4 aromatic rings. The number of amides is 4. The number of carbonyl (C=O) groups is 4. The molecule has 1 aromatic heterocycles. The number of likely N-dealkylation sites (N-methyl/N-ethyl adjacent to an activating group) is 1. The lowest BCUT2D eigenvalue weighted by Crippen LogP contribution is -2.52. The fourth-order valence-corrected chi connectivity index (χ4v) is 8.57. The molecule has 0 saturated carbocycles. The van der Waals surface area contributed by atoms with Gasteiger partial charge in [-0.2, -0.15) is 13.2 Å². The van der Waals surface area contributed by atoms with Gasteiger partial charge < -0.3 is 63.6 Å². The zero-order valence-corrected chi connectivity index (χ0v) is 46.7. The molecule has 2 heterocycles. The summed E-state index contributed by atoms with van der Waals surface area (Å²) in [6, 6.07) is 19.4. The third kappa shape index (κ3) is 22.8. The van der Waals surface area contributed by atoms with Crippen molar-refractivity contribution in [3.8, 4) is 11.3 Å². The molecule has 1 saturated heterocycles. The van der Waals surface area contributed by atoms with Gasteiger partial charge in [0, 0.05) is 87.6 Å². The smallest absolute Gasteiger partial charge is 0.382 e. The van der Waals surface area contributed by atoms with Gasteiger partial charge in [0.05, 0.1) is 122 Å². The molecule has 0 aliphatic carbocycles. The summed E-state index contributed by atoms with van der Waals surface area (Å²) in [6.45, 7) is 14.1. The average molecular weight is 1120 g/mol. The maximum atomic E-state index is 14.0. The van der Waals surface area contributed by atoms with Crippen LogP contribution in [0.25, 0.3) is 11.3 Å². The summed E-state index contributed by atoms with van der Waals surface area (Å²) < 4.78 is 83.4. The summed E-state index contributed by atoms with van der Waals surface area (Å²) in [5.41, 5.74) is 2.38. The second-order valence-corrected chi connectivity index (χ2v) is 18.6. The number of hydrogen-bond acceptors (Lipinski definition) is 15. The van der Waals surface area contributed by atoms with E-state index in [0.29, 0.717) is 167 Å². The first-order chi connectivity index (χ1) is 38.8. The van der Waals surface area contributed by atoms with Crippen molar-refractivity contribution in [1.82, 2.24) is 25.4 Å². The highest BCUT2D eigenvalue weighted by atomic mass is 19.4. The van der Waals surface area contributed by atoms with Crippen LogP contribution in [0, 0.1) is 0 Å². The lowest BCUT2D eigenvalue weighted by molar-refractivity contribution is -0.137. The zero-order valence-electron chi connectivity index (χ0n) is 46.7. The number of aromatic nitrogens is 1. The first-order valence-electron chi connectivity index (χ1n) is 27.3. The van der Waals surface area contributed by atoms with E-state index in [-0.39, 0.29) is 41.1 Å². The number of hydrogen-bond donors (Lipinski definition) is 3. The molecule has 3 aromatic carbocycles.